The number of aliphatic hydroxyl groups is 2. The van der Waals surface area contributed by atoms with Crippen LogP contribution < -0.4 is 0 Å². The molecule has 0 aromatic heterocycles. The number of nitrogens with zero attached hydrogens (tertiary/aromatic N) is 1. The number of fused-ring (bicyclic) bond motifs is 1. The Bertz CT molecular complexity index is 809. The van der Waals surface area contributed by atoms with E-state index in [2.05, 4.69) is 6.92 Å². The summed E-state index contributed by atoms with van der Waals surface area (Å²) >= 11 is 0. The van der Waals surface area contributed by atoms with Crippen LogP contribution in [0.15, 0.2) is 24.3 Å². The van der Waals surface area contributed by atoms with Crippen molar-refractivity contribution in [2.24, 2.45) is 0 Å². The van der Waals surface area contributed by atoms with Crippen LogP contribution in [0.5, 0.6) is 0 Å². The number of esters is 1. The molecule has 2 aliphatic rings. The molecule has 0 aliphatic carbocycles. The minimum atomic E-state index is -1.46. The molecule has 1 aromatic carbocycles. The second-order valence-electron chi connectivity index (χ2n) is 8.45. The van der Waals surface area contributed by atoms with E-state index in [-0.39, 0.29) is 17.7 Å². The van der Waals surface area contributed by atoms with Gasteiger partial charge in [-0.3, -0.25) is 19.3 Å². The van der Waals surface area contributed by atoms with E-state index in [9.17, 15) is 24.6 Å². The zero-order chi connectivity index (χ0) is 24.0. The highest BCUT2D eigenvalue weighted by Crippen LogP contribution is 2.34. The minimum absolute atomic E-state index is 0.220. The second kappa shape index (κ2) is 11.7. The molecule has 1 aromatic rings. The van der Waals surface area contributed by atoms with Gasteiger partial charge >= 0.3 is 5.97 Å². The number of ether oxygens (including phenoxy) is 3. The molecule has 2 heterocycles. The molecule has 2 amide bonds. The standard InChI is InChI=1S/C24H33NO8/c1-3-4-5-6-7-10-13-31-24-19(21(32-15(2)27)20(28)18(14-26)33-24)25-22(29)16-11-8-9-12-17(16)23(25)30/h8-9,11-12,18-21,24,26,28H,3-7,10,13-14H2,1-2H3/t18-,19-,20-,21-,24-/m1/s1. The molecular formula is C24H33NO8. The molecule has 1 fully saturated rings. The number of aliphatic hydroxyl groups excluding tert-OH is 2. The van der Waals surface area contributed by atoms with Gasteiger partial charge in [0.25, 0.3) is 11.8 Å². The first-order chi connectivity index (χ1) is 15.9. The summed E-state index contributed by atoms with van der Waals surface area (Å²) in [5.74, 6) is -1.86. The number of benzene rings is 1. The van der Waals surface area contributed by atoms with Crippen LogP contribution in [0.3, 0.4) is 0 Å². The van der Waals surface area contributed by atoms with Crippen molar-refractivity contribution < 1.29 is 38.8 Å². The van der Waals surface area contributed by atoms with Crippen LogP contribution in [0.25, 0.3) is 0 Å². The highest BCUT2D eigenvalue weighted by Gasteiger charge is 2.55. The Morgan fingerprint density at radius 2 is 1.67 bits per heavy atom. The molecule has 2 N–H and O–H groups in total. The van der Waals surface area contributed by atoms with Gasteiger partial charge in [0.1, 0.15) is 18.2 Å². The lowest BCUT2D eigenvalue weighted by molar-refractivity contribution is -0.282. The van der Waals surface area contributed by atoms with Gasteiger partial charge in [0.15, 0.2) is 12.4 Å². The number of imide groups is 1. The fraction of sp³-hybridized carbons (Fsp3) is 0.625. The summed E-state index contributed by atoms with van der Waals surface area (Å²) in [6, 6.07) is 5.17. The first-order valence-electron chi connectivity index (χ1n) is 11.6. The molecule has 33 heavy (non-hydrogen) atoms. The smallest absolute Gasteiger partial charge is 0.303 e. The summed E-state index contributed by atoms with van der Waals surface area (Å²) in [6.45, 7) is 3.05. The van der Waals surface area contributed by atoms with Gasteiger partial charge in [0, 0.05) is 13.5 Å². The Morgan fingerprint density at radius 3 is 2.24 bits per heavy atom. The Hall–Kier alpha value is -2.33. The molecule has 1 saturated heterocycles. The van der Waals surface area contributed by atoms with E-state index < -0.39 is 55.0 Å². The van der Waals surface area contributed by atoms with E-state index in [1.54, 1.807) is 24.3 Å². The summed E-state index contributed by atoms with van der Waals surface area (Å²) in [7, 11) is 0. The summed E-state index contributed by atoms with van der Waals surface area (Å²) in [5.41, 5.74) is 0.440. The zero-order valence-corrected chi connectivity index (χ0v) is 19.1. The van der Waals surface area contributed by atoms with E-state index in [4.69, 9.17) is 14.2 Å². The Kier molecular flexibility index (Phi) is 8.96. The number of hydrogen-bond acceptors (Lipinski definition) is 8. The molecule has 0 saturated carbocycles. The van der Waals surface area contributed by atoms with E-state index in [1.807, 2.05) is 0 Å². The maximum atomic E-state index is 13.1. The normalized spacial score (nSPS) is 27.0. The molecule has 0 spiro atoms. The molecule has 0 unspecified atom stereocenters. The summed E-state index contributed by atoms with van der Waals surface area (Å²) < 4.78 is 17.0. The Balaban J connectivity index is 1.83. The van der Waals surface area contributed by atoms with Gasteiger partial charge in [-0.15, -0.1) is 0 Å². The van der Waals surface area contributed by atoms with Crippen molar-refractivity contribution in [2.45, 2.75) is 83.0 Å². The van der Waals surface area contributed by atoms with Crippen molar-refractivity contribution in [3.8, 4) is 0 Å². The molecule has 3 rings (SSSR count). The van der Waals surface area contributed by atoms with Gasteiger partial charge in [0.2, 0.25) is 0 Å². The molecule has 9 nitrogen and oxygen atoms in total. The average Bonchev–Trinajstić information content (AvgIpc) is 3.05. The lowest BCUT2D eigenvalue weighted by Gasteiger charge is -2.46. The maximum absolute atomic E-state index is 13.1. The molecule has 2 aliphatic heterocycles. The van der Waals surface area contributed by atoms with Gasteiger partial charge in [-0.2, -0.15) is 0 Å². The van der Waals surface area contributed by atoms with E-state index >= 15 is 0 Å². The number of unbranched alkanes of at least 4 members (excludes halogenated alkanes) is 5. The quantitative estimate of drug-likeness (QED) is 0.290. The molecule has 9 heteroatoms. The first-order valence-corrected chi connectivity index (χ1v) is 11.6. The molecule has 5 atom stereocenters. The van der Waals surface area contributed by atoms with Gasteiger partial charge in [-0.25, -0.2) is 0 Å². The van der Waals surface area contributed by atoms with Crippen molar-refractivity contribution in [1.82, 2.24) is 4.90 Å². The van der Waals surface area contributed by atoms with Crippen molar-refractivity contribution in [3.63, 3.8) is 0 Å². The molecular weight excluding hydrogens is 430 g/mol. The topological polar surface area (TPSA) is 123 Å². The number of hydrogen-bond donors (Lipinski definition) is 2. The third kappa shape index (κ3) is 5.60. The number of amides is 2. The average molecular weight is 464 g/mol. The third-order valence-electron chi connectivity index (χ3n) is 6.03. The predicted octanol–water partition coefficient (Wildman–Crippen LogP) is 2.04. The van der Waals surface area contributed by atoms with Crippen LogP contribution in [-0.2, 0) is 19.0 Å². The largest absolute Gasteiger partial charge is 0.457 e. The van der Waals surface area contributed by atoms with Gasteiger partial charge in [-0.05, 0) is 18.6 Å². The number of carbonyl (C=O) groups excluding carboxylic acids is 3. The van der Waals surface area contributed by atoms with Gasteiger partial charge < -0.3 is 24.4 Å². The number of carbonyl (C=O) groups is 3. The van der Waals surface area contributed by atoms with Crippen molar-refractivity contribution in [3.05, 3.63) is 35.4 Å². The van der Waals surface area contributed by atoms with Crippen molar-refractivity contribution in [1.29, 1.82) is 0 Å². The van der Waals surface area contributed by atoms with Crippen LogP contribution in [-0.4, -0.2) is 76.8 Å². The van der Waals surface area contributed by atoms with E-state index in [0.29, 0.717) is 0 Å². The molecule has 182 valence electrons. The highest BCUT2D eigenvalue weighted by atomic mass is 16.7. The summed E-state index contributed by atoms with van der Waals surface area (Å²) in [4.78, 5) is 39.0. The molecule has 0 bridgehead atoms. The van der Waals surface area contributed by atoms with Crippen LogP contribution in [0.4, 0.5) is 0 Å². The fourth-order valence-electron chi connectivity index (χ4n) is 4.35. The summed E-state index contributed by atoms with van der Waals surface area (Å²) in [6.07, 6.45) is 1.17. The molecule has 0 radical (unpaired) electrons. The fourth-order valence-corrected chi connectivity index (χ4v) is 4.35. The van der Waals surface area contributed by atoms with Gasteiger partial charge in [-0.1, -0.05) is 51.2 Å². The Morgan fingerprint density at radius 1 is 1.06 bits per heavy atom. The highest BCUT2D eigenvalue weighted by molar-refractivity contribution is 6.21. The summed E-state index contributed by atoms with van der Waals surface area (Å²) in [5, 5.41) is 20.4. The van der Waals surface area contributed by atoms with E-state index in [1.165, 1.54) is 13.3 Å². The predicted molar refractivity (Wildman–Crippen MR) is 117 cm³/mol. The van der Waals surface area contributed by atoms with Crippen molar-refractivity contribution in [2.75, 3.05) is 13.2 Å². The Labute approximate surface area is 193 Å². The zero-order valence-electron chi connectivity index (χ0n) is 19.1. The SMILES string of the molecule is CCCCCCCCO[C@@H]1O[C@H](CO)[C@@H](O)[C@H](OC(C)=O)[C@H]1N1C(=O)c2ccccc2C1=O. The van der Waals surface area contributed by atoms with Crippen molar-refractivity contribution >= 4 is 17.8 Å². The number of rotatable bonds is 11. The lowest BCUT2D eigenvalue weighted by Crippen LogP contribution is -2.66. The second-order valence-corrected chi connectivity index (χ2v) is 8.45. The third-order valence-corrected chi connectivity index (χ3v) is 6.03. The van der Waals surface area contributed by atoms with Crippen LogP contribution in [0.1, 0.15) is 73.1 Å². The van der Waals surface area contributed by atoms with Crippen LogP contribution in [0.2, 0.25) is 0 Å². The van der Waals surface area contributed by atoms with Crippen LogP contribution >= 0.6 is 0 Å². The monoisotopic (exact) mass is 463 g/mol. The first kappa shape index (κ1) is 25.3. The maximum Gasteiger partial charge on any atom is 0.303 e. The minimum Gasteiger partial charge on any atom is -0.457 e. The lowest BCUT2D eigenvalue weighted by atomic mass is 9.95. The van der Waals surface area contributed by atoms with Gasteiger partial charge in [0.05, 0.1) is 17.7 Å². The van der Waals surface area contributed by atoms with E-state index in [0.717, 1.165) is 37.0 Å². The van der Waals surface area contributed by atoms with Crippen LogP contribution in [0, 0.1) is 0 Å².